The number of nitrogens with one attached hydrogen (secondary N) is 1. The third kappa shape index (κ3) is 2.33. The lowest BCUT2D eigenvalue weighted by Gasteiger charge is -2.07. The van der Waals surface area contributed by atoms with E-state index in [0.717, 1.165) is 0 Å². The van der Waals surface area contributed by atoms with E-state index in [-0.39, 0.29) is 22.0 Å². The van der Waals surface area contributed by atoms with Crippen molar-refractivity contribution in [1.82, 2.24) is 5.73 Å². The summed E-state index contributed by atoms with van der Waals surface area (Å²) < 4.78 is 28.0. The van der Waals surface area contributed by atoms with Gasteiger partial charge in [-0.25, -0.2) is 8.42 Å². The molecule has 0 heterocycles. The Labute approximate surface area is 94.1 Å². The number of carbonyl (C=O) groups is 1. The van der Waals surface area contributed by atoms with Crippen molar-refractivity contribution in [3.05, 3.63) is 23.8 Å². The van der Waals surface area contributed by atoms with Gasteiger partial charge in [0.25, 0.3) is 5.91 Å². The Hall–Kier alpha value is -1.56. The van der Waals surface area contributed by atoms with E-state index >= 15 is 0 Å². The zero-order chi connectivity index (χ0) is 12.3. The van der Waals surface area contributed by atoms with E-state index in [1.165, 1.54) is 32.2 Å². The molecule has 0 unspecified atom stereocenters. The quantitative estimate of drug-likeness (QED) is 0.785. The lowest BCUT2D eigenvalue weighted by molar-refractivity contribution is 0.0989. The lowest BCUT2D eigenvalue weighted by Crippen LogP contribution is -2.08. The molecule has 1 aromatic rings. The van der Waals surface area contributed by atoms with E-state index in [0.29, 0.717) is 0 Å². The zero-order valence-electron chi connectivity index (χ0n) is 8.98. The minimum Gasteiger partial charge on any atom is -0.496 e. The van der Waals surface area contributed by atoms with Crippen LogP contribution < -0.4 is 10.5 Å². The summed E-state index contributed by atoms with van der Waals surface area (Å²) in [6, 6.07) is 3.92. The van der Waals surface area contributed by atoms with Gasteiger partial charge in [0.1, 0.15) is 5.75 Å². The standard InChI is InChI=1S/C10H12NO4S/c1-3-16(13,14)7-4-5-9(15-2)8(6-7)10(11)12/h4-6,11H,3H2,1-2H3. The highest BCUT2D eigenvalue weighted by atomic mass is 32.2. The van der Waals surface area contributed by atoms with Crippen LogP contribution in [0, 0.1) is 0 Å². The molecule has 6 heteroatoms. The van der Waals surface area contributed by atoms with Crippen molar-refractivity contribution in [2.75, 3.05) is 12.9 Å². The van der Waals surface area contributed by atoms with Crippen LogP contribution in [0.3, 0.4) is 0 Å². The summed E-state index contributed by atoms with van der Waals surface area (Å²) in [5, 5.41) is 0. The van der Waals surface area contributed by atoms with E-state index in [1.54, 1.807) is 0 Å². The molecule has 0 saturated carbocycles. The summed E-state index contributed by atoms with van der Waals surface area (Å²) in [6.07, 6.45) is 0. The smallest absolute Gasteiger partial charge is 0.273 e. The average molecular weight is 242 g/mol. The number of rotatable bonds is 4. The van der Waals surface area contributed by atoms with Crippen molar-refractivity contribution in [2.45, 2.75) is 11.8 Å². The Kier molecular flexibility index (Phi) is 3.54. The lowest BCUT2D eigenvalue weighted by atomic mass is 10.2. The SMILES string of the molecule is CCS(=O)(=O)c1ccc(OC)c(C([NH])=O)c1. The number of methoxy groups -OCH3 is 1. The molecule has 0 fully saturated rings. The molecule has 1 rings (SSSR count). The molecule has 0 aromatic heterocycles. The molecule has 16 heavy (non-hydrogen) atoms. The Bertz CT molecular complexity index is 508. The van der Waals surface area contributed by atoms with Crippen LogP contribution >= 0.6 is 0 Å². The van der Waals surface area contributed by atoms with Gasteiger partial charge in [-0.15, -0.1) is 0 Å². The number of amides is 1. The van der Waals surface area contributed by atoms with Crippen molar-refractivity contribution in [2.24, 2.45) is 0 Å². The third-order valence-corrected chi connectivity index (χ3v) is 3.89. The van der Waals surface area contributed by atoms with Gasteiger partial charge < -0.3 is 4.74 Å². The summed E-state index contributed by atoms with van der Waals surface area (Å²) in [5.74, 6) is -0.814. The third-order valence-electron chi connectivity index (χ3n) is 2.15. The van der Waals surface area contributed by atoms with Gasteiger partial charge in [0, 0.05) is 0 Å². The molecule has 0 saturated heterocycles. The number of hydrogen-bond acceptors (Lipinski definition) is 4. The van der Waals surface area contributed by atoms with Gasteiger partial charge in [-0.1, -0.05) is 6.92 Å². The van der Waals surface area contributed by atoms with Crippen molar-refractivity contribution >= 4 is 15.7 Å². The normalized spacial score (nSPS) is 11.1. The van der Waals surface area contributed by atoms with Gasteiger partial charge in [-0.05, 0) is 18.2 Å². The fourth-order valence-corrected chi connectivity index (χ4v) is 2.13. The van der Waals surface area contributed by atoms with Crippen LogP contribution in [0.25, 0.3) is 0 Å². The molecule has 0 spiro atoms. The van der Waals surface area contributed by atoms with E-state index in [4.69, 9.17) is 10.5 Å². The van der Waals surface area contributed by atoms with Crippen LogP contribution in [0.1, 0.15) is 17.3 Å². The van der Waals surface area contributed by atoms with Crippen LogP contribution in [0.4, 0.5) is 0 Å². The molecule has 0 aliphatic heterocycles. The first kappa shape index (κ1) is 12.5. The minimum absolute atomic E-state index is 0.0337. The van der Waals surface area contributed by atoms with Crippen molar-refractivity contribution < 1.29 is 17.9 Å². The number of hydrogen-bond donors (Lipinski definition) is 0. The molecule has 0 aliphatic rings. The zero-order valence-corrected chi connectivity index (χ0v) is 9.80. The van der Waals surface area contributed by atoms with E-state index in [1.807, 2.05) is 0 Å². The van der Waals surface area contributed by atoms with Crippen molar-refractivity contribution in [3.8, 4) is 5.75 Å². The first-order valence-corrected chi connectivity index (χ1v) is 6.24. The van der Waals surface area contributed by atoms with Gasteiger partial charge in [-0.2, -0.15) is 0 Å². The van der Waals surface area contributed by atoms with E-state index < -0.39 is 15.7 Å². The van der Waals surface area contributed by atoms with Gasteiger partial charge in [0.15, 0.2) is 9.84 Å². The highest BCUT2D eigenvalue weighted by molar-refractivity contribution is 7.91. The summed E-state index contributed by atoms with van der Waals surface area (Å²) >= 11 is 0. The second kappa shape index (κ2) is 4.52. The predicted octanol–water partition coefficient (Wildman–Crippen LogP) is 0.912. The van der Waals surface area contributed by atoms with E-state index in [9.17, 15) is 13.2 Å². The summed E-state index contributed by atoms with van der Waals surface area (Å²) in [7, 11) is -2.01. The van der Waals surface area contributed by atoms with Crippen LogP contribution in [0.5, 0.6) is 5.75 Å². The molecule has 0 bridgehead atoms. The monoisotopic (exact) mass is 242 g/mol. The van der Waals surface area contributed by atoms with Gasteiger partial charge in [-0.3, -0.25) is 10.5 Å². The largest absolute Gasteiger partial charge is 0.496 e. The Morgan fingerprint density at radius 2 is 2.06 bits per heavy atom. The van der Waals surface area contributed by atoms with Crippen LogP contribution in [0.2, 0.25) is 0 Å². The van der Waals surface area contributed by atoms with Crippen LogP contribution in [-0.4, -0.2) is 27.2 Å². The first-order chi connectivity index (χ1) is 7.42. The number of ether oxygens (including phenoxy) is 1. The van der Waals surface area contributed by atoms with Gasteiger partial charge >= 0.3 is 0 Å². The van der Waals surface area contributed by atoms with Gasteiger partial charge in [0.2, 0.25) is 0 Å². The highest BCUT2D eigenvalue weighted by Crippen LogP contribution is 2.22. The highest BCUT2D eigenvalue weighted by Gasteiger charge is 2.17. The summed E-state index contributed by atoms with van der Waals surface area (Å²) in [5.41, 5.74) is 6.96. The van der Waals surface area contributed by atoms with Crippen molar-refractivity contribution in [1.29, 1.82) is 0 Å². The second-order valence-corrected chi connectivity index (χ2v) is 5.37. The summed E-state index contributed by atoms with van der Waals surface area (Å²) in [6.45, 7) is 1.52. The van der Waals surface area contributed by atoms with Gasteiger partial charge in [0.05, 0.1) is 23.3 Å². The second-order valence-electron chi connectivity index (χ2n) is 3.09. The average Bonchev–Trinajstić information content (AvgIpc) is 2.28. The van der Waals surface area contributed by atoms with Crippen molar-refractivity contribution in [3.63, 3.8) is 0 Å². The Balaban J connectivity index is 3.39. The Morgan fingerprint density at radius 1 is 1.44 bits per heavy atom. The molecule has 1 amide bonds. The van der Waals surface area contributed by atoms with Crippen LogP contribution in [0.15, 0.2) is 23.1 Å². The molecular weight excluding hydrogens is 230 g/mol. The maximum Gasteiger partial charge on any atom is 0.273 e. The molecule has 1 radical (unpaired) electrons. The number of benzene rings is 1. The molecule has 0 atom stereocenters. The maximum absolute atomic E-state index is 11.6. The number of sulfone groups is 1. The topological polar surface area (TPSA) is 84.2 Å². The molecular formula is C10H12NO4S. The predicted molar refractivity (Wildman–Crippen MR) is 58.1 cm³/mol. The molecule has 1 aromatic carbocycles. The van der Waals surface area contributed by atoms with Crippen LogP contribution in [-0.2, 0) is 9.84 Å². The molecule has 1 N–H and O–H groups in total. The Morgan fingerprint density at radius 3 is 2.50 bits per heavy atom. The summed E-state index contributed by atoms with van der Waals surface area (Å²) in [4.78, 5) is 11.0. The first-order valence-electron chi connectivity index (χ1n) is 4.59. The van der Waals surface area contributed by atoms with E-state index in [2.05, 4.69) is 0 Å². The fraction of sp³-hybridized carbons (Fsp3) is 0.300. The maximum atomic E-state index is 11.6. The number of carbonyl (C=O) groups excluding carboxylic acids is 1. The molecule has 87 valence electrons. The molecule has 5 nitrogen and oxygen atoms in total. The minimum atomic E-state index is -3.37. The fourth-order valence-electron chi connectivity index (χ4n) is 1.22. The molecule has 0 aliphatic carbocycles.